The van der Waals surface area contributed by atoms with Crippen LogP contribution in [-0.4, -0.2) is 30.5 Å². The predicted molar refractivity (Wildman–Crippen MR) is 102 cm³/mol. The second-order valence-corrected chi connectivity index (χ2v) is 7.07. The lowest BCUT2D eigenvalue weighted by molar-refractivity contribution is 0.252. The van der Waals surface area contributed by atoms with E-state index in [0.717, 1.165) is 11.0 Å². The van der Waals surface area contributed by atoms with Gasteiger partial charge >= 0.3 is 0 Å². The van der Waals surface area contributed by atoms with Gasteiger partial charge in [0.2, 0.25) is 0 Å². The van der Waals surface area contributed by atoms with E-state index in [4.69, 9.17) is 5.73 Å². The van der Waals surface area contributed by atoms with Gasteiger partial charge in [0.25, 0.3) is 0 Å². The highest BCUT2D eigenvalue weighted by atomic mass is 127. The number of hydrogen-bond acceptors (Lipinski definition) is 1. The van der Waals surface area contributed by atoms with Crippen molar-refractivity contribution in [1.29, 1.82) is 0 Å². The van der Waals surface area contributed by atoms with Crippen LogP contribution >= 0.6 is 39.9 Å². The van der Waals surface area contributed by atoms with Crippen LogP contribution < -0.4 is 5.73 Å². The van der Waals surface area contributed by atoms with Crippen molar-refractivity contribution in [3.8, 4) is 0 Å². The monoisotopic (exact) mass is 463 g/mol. The molecule has 2 aliphatic rings. The third-order valence-electron chi connectivity index (χ3n) is 4.77. The van der Waals surface area contributed by atoms with Crippen molar-refractivity contribution in [3.63, 3.8) is 0 Å². The number of rotatable bonds is 4. The van der Waals surface area contributed by atoms with Gasteiger partial charge in [0.15, 0.2) is 5.96 Å². The van der Waals surface area contributed by atoms with Crippen molar-refractivity contribution in [3.05, 3.63) is 34.3 Å². The molecule has 3 nitrogen and oxygen atoms in total. The summed E-state index contributed by atoms with van der Waals surface area (Å²) in [4.78, 5) is 6.82. The number of guanidine groups is 1. The first-order valence-corrected chi connectivity index (χ1v) is 8.19. The first-order chi connectivity index (χ1) is 9.61. The van der Waals surface area contributed by atoms with Gasteiger partial charge in [-0.3, -0.25) is 4.99 Å². The quantitative estimate of drug-likeness (QED) is 0.418. The molecule has 2 fully saturated rings. The van der Waals surface area contributed by atoms with Crippen LogP contribution in [-0.2, 0) is 5.41 Å². The minimum atomic E-state index is 0. The van der Waals surface area contributed by atoms with Gasteiger partial charge in [-0.05, 0) is 43.4 Å². The molecule has 0 bridgehead atoms. The van der Waals surface area contributed by atoms with Gasteiger partial charge in [0, 0.05) is 23.0 Å². The molecular formula is C16H23BrIN3. The normalized spacial score (nSPS) is 20.4. The van der Waals surface area contributed by atoms with Crippen molar-refractivity contribution < 1.29 is 0 Å². The summed E-state index contributed by atoms with van der Waals surface area (Å²) in [6.07, 6.45) is 6.25. The lowest BCUT2D eigenvalue weighted by Crippen LogP contribution is -2.41. The molecule has 0 radical (unpaired) electrons. The Hall–Kier alpha value is -0.300. The minimum absolute atomic E-state index is 0. The molecule has 116 valence electrons. The summed E-state index contributed by atoms with van der Waals surface area (Å²) >= 11 is 3.50. The zero-order valence-electron chi connectivity index (χ0n) is 12.4. The molecule has 0 aliphatic heterocycles. The summed E-state index contributed by atoms with van der Waals surface area (Å²) < 4.78 is 1.13. The summed E-state index contributed by atoms with van der Waals surface area (Å²) in [7, 11) is 2.06. The minimum Gasteiger partial charge on any atom is -0.370 e. The van der Waals surface area contributed by atoms with Crippen molar-refractivity contribution in [1.82, 2.24) is 4.90 Å². The fourth-order valence-electron chi connectivity index (χ4n) is 2.94. The second-order valence-electron chi connectivity index (χ2n) is 6.16. The van der Waals surface area contributed by atoms with Crippen molar-refractivity contribution >= 4 is 45.9 Å². The molecule has 3 rings (SSSR count). The maximum Gasteiger partial charge on any atom is 0.191 e. The zero-order chi connectivity index (χ0) is 14.2. The average Bonchev–Trinajstić information content (AvgIpc) is 3.22. The van der Waals surface area contributed by atoms with Gasteiger partial charge in [-0.2, -0.15) is 0 Å². The summed E-state index contributed by atoms with van der Waals surface area (Å²) in [6.45, 7) is 0.817. The van der Waals surface area contributed by atoms with E-state index in [9.17, 15) is 0 Å². The number of aliphatic imine (C=N–C) groups is 1. The van der Waals surface area contributed by atoms with Gasteiger partial charge in [0.05, 0.1) is 6.54 Å². The Morgan fingerprint density at radius 3 is 2.43 bits per heavy atom. The first kappa shape index (κ1) is 17.1. The third kappa shape index (κ3) is 3.73. The molecule has 0 atom stereocenters. The smallest absolute Gasteiger partial charge is 0.191 e. The largest absolute Gasteiger partial charge is 0.370 e. The fourth-order valence-corrected chi connectivity index (χ4v) is 3.20. The van der Waals surface area contributed by atoms with Crippen molar-refractivity contribution in [2.45, 2.75) is 43.6 Å². The number of halogens is 2. The molecule has 0 heterocycles. The Labute approximate surface area is 152 Å². The SMILES string of the molecule is CN(C(N)=NCC1(c2ccc(Br)cc2)CCC1)C1CC1.I. The molecule has 0 unspecified atom stereocenters. The molecule has 5 heteroatoms. The summed E-state index contributed by atoms with van der Waals surface area (Å²) in [6, 6.07) is 9.32. The summed E-state index contributed by atoms with van der Waals surface area (Å²) in [5, 5.41) is 0. The molecule has 1 aromatic carbocycles. The van der Waals surface area contributed by atoms with E-state index in [1.165, 1.54) is 37.7 Å². The molecule has 21 heavy (non-hydrogen) atoms. The lowest BCUT2D eigenvalue weighted by Gasteiger charge is -2.41. The average molecular weight is 464 g/mol. The van der Waals surface area contributed by atoms with Crippen LogP contribution in [0, 0.1) is 0 Å². The highest BCUT2D eigenvalue weighted by Gasteiger charge is 2.38. The maximum absolute atomic E-state index is 6.11. The van der Waals surface area contributed by atoms with E-state index in [0.29, 0.717) is 12.0 Å². The van der Waals surface area contributed by atoms with Crippen LogP contribution in [0.1, 0.15) is 37.7 Å². The van der Waals surface area contributed by atoms with E-state index in [2.05, 4.69) is 57.1 Å². The Bertz CT molecular complexity index is 507. The van der Waals surface area contributed by atoms with Crippen LogP contribution in [0.3, 0.4) is 0 Å². The van der Waals surface area contributed by atoms with E-state index >= 15 is 0 Å². The molecule has 0 saturated heterocycles. The maximum atomic E-state index is 6.11. The van der Waals surface area contributed by atoms with Gasteiger partial charge in [0.1, 0.15) is 0 Å². The van der Waals surface area contributed by atoms with Gasteiger partial charge in [-0.15, -0.1) is 24.0 Å². The lowest BCUT2D eigenvalue weighted by atomic mass is 9.64. The highest BCUT2D eigenvalue weighted by molar-refractivity contribution is 14.0. The number of benzene rings is 1. The zero-order valence-corrected chi connectivity index (χ0v) is 16.3. The Morgan fingerprint density at radius 2 is 1.95 bits per heavy atom. The number of nitrogens with two attached hydrogens (primary N) is 1. The predicted octanol–water partition coefficient (Wildman–Crippen LogP) is 3.90. The third-order valence-corrected chi connectivity index (χ3v) is 5.30. The van der Waals surface area contributed by atoms with E-state index in [1.807, 2.05) is 0 Å². The van der Waals surface area contributed by atoms with Crippen molar-refractivity contribution in [2.75, 3.05) is 13.6 Å². The van der Waals surface area contributed by atoms with E-state index < -0.39 is 0 Å². The second kappa shape index (κ2) is 6.86. The van der Waals surface area contributed by atoms with Crippen LogP contribution in [0.2, 0.25) is 0 Å². The highest BCUT2D eigenvalue weighted by Crippen LogP contribution is 2.44. The molecular weight excluding hydrogens is 441 g/mol. The standard InChI is InChI=1S/C16H22BrN3.HI/c1-20(14-7-8-14)15(18)19-11-16(9-2-10-16)12-3-5-13(17)6-4-12;/h3-6,14H,2,7-11H2,1H3,(H2,18,19);1H. The van der Waals surface area contributed by atoms with Gasteiger partial charge < -0.3 is 10.6 Å². The van der Waals surface area contributed by atoms with E-state index in [1.54, 1.807) is 0 Å². The Morgan fingerprint density at radius 1 is 1.33 bits per heavy atom. The fraction of sp³-hybridized carbons (Fsp3) is 0.562. The first-order valence-electron chi connectivity index (χ1n) is 7.40. The summed E-state index contributed by atoms with van der Waals surface area (Å²) in [5.74, 6) is 0.705. The number of hydrogen-bond donors (Lipinski definition) is 1. The molecule has 2 N–H and O–H groups in total. The number of nitrogens with zero attached hydrogens (tertiary/aromatic N) is 2. The molecule has 1 aromatic rings. The molecule has 0 spiro atoms. The summed E-state index contributed by atoms with van der Waals surface area (Å²) in [5.41, 5.74) is 7.73. The molecule has 0 aromatic heterocycles. The molecule has 2 saturated carbocycles. The van der Waals surface area contributed by atoms with Crippen LogP contribution in [0.25, 0.3) is 0 Å². The van der Waals surface area contributed by atoms with Gasteiger partial charge in [-0.1, -0.05) is 34.5 Å². The molecule has 2 aliphatic carbocycles. The van der Waals surface area contributed by atoms with Crippen molar-refractivity contribution in [2.24, 2.45) is 10.7 Å². The van der Waals surface area contributed by atoms with Gasteiger partial charge in [-0.25, -0.2) is 0 Å². The molecule has 0 amide bonds. The Kier molecular flexibility index (Phi) is 5.57. The topological polar surface area (TPSA) is 41.6 Å². The Balaban J connectivity index is 0.00000161. The van der Waals surface area contributed by atoms with Crippen LogP contribution in [0.5, 0.6) is 0 Å². The van der Waals surface area contributed by atoms with Crippen LogP contribution in [0.4, 0.5) is 0 Å². The van der Waals surface area contributed by atoms with Crippen LogP contribution in [0.15, 0.2) is 33.7 Å². The van der Waals surface area contributed by atoms with E-state index in [-0.39, 0.29) is 29.4 Å².